The summed E-state index contributed by atoms with van der Waals surface area (Å²) in [4.78, 5) is 5.83. The number of nitrogens with one attached hydrogen (secondary N) is 2. The fourth-order valence-electron chi connectivity index (χ4n) is 3.15. The Morgan fingerprint density at radius 1 is 1.25 bits per heavy atom. The van der Waals surface area contributed by atoms with E-state index in [2.05, 4.69) is 46.4 Å². The molecule has 2 N–H and O–H groups in total. The van der Waals surface area contributed by atoms with Gasteiger partial charge in [0.15, 0.2) is 0 Å². The number of aromatic nitrogens is 1. The topological polar surface area (TPSA) is 31.1 Å². The van der Waals surface area contributed by atoms with Crippen molar-refractivity contribution in [1.29, 1.82) is 0 Å². The Bertz CT molecular complexity index is 540. The van der Waals surface area contributed by atoms with Gasteiger partial charge in [0.1, 0.15) is 0 Å². The number of fused-ring (bicyclic) bond motifs is 1. The smallest absolute Gasteiger partial charge is 0.0454 e. The van der Waals surface area contributed by atoms with Gasteiger partial charge in [-0.25, -0.2) is 0 Å². The highest BCUT2D eigenvalue weighted by atomic mass is 15.1. The molecule has 0 spiro atoms. The van der Waals surface area contributed by atoms with Crippen LogP contribution < -0.4 is 5.32 Å². The van der Waals surface area contributed by atoms with E-state index in [1.54, 1.807) is 0 Å². The summed E-state index contributed by atoms with van der Waals surface area (Å²) < 4.78 is 0. The van der Waals surface area contributed by atoms with Crippen molar-refractivity contribution >= 4 is 10.9 Å². The molecule has 0 aliphatic carbocycles. The van der Waals surface area contributed by atoms with Crippen LogP contribution in [0.2, 0.25) is 0 Å². The highest BCUT2D eigenvalue weighted by molar-refractivity contribution is 5.79. The van der Waals surface area contributed by atoms with Crippen molar-refractivity contribution in [2.45, 2.75) is 26.3 Å². The summed E-state index contributed by atoms with van der Waals surface area (Å²) in [6, 6.07) is 8.77. The van der Waals surface area contributed by atoms with Gasteiger partial charge in [-0.2, -0.15) is 0 Å². The van der Waals surface area contributed by atoms with E-state index in [1.165, 1.54) is 48.9 Å². The highest BCUT2D eigenvalue weighted by Gasteiger charge is 2.14. The van der Waals surface area contributed by atoms with E-state index in [4.69, 9.17) is 0 Å². The lowest BCUT2D eigenvalue weighted by molar-refractivity contribution is 0.282. The third-order valence-corrected chi connectivity index (χ3v) is 4.21. The van der Waals surface area contributed by atoms with Crippen LogP contribution in [0.15, 0.2) is 30.5 Å². The molecule has 1 fully saturated rings. The van der Waals surface area contributed by atoms with Crippen molar-refractivity contribution in [2.24, 2.45) is 5.92 Å². The van der Waals surface area contributed by atoms with E-state index in [0.29, 0.717) is 0 Å². The molecule has 0 radical (unpaired) electrons. The van der Waals surface area contributed by atoms with E-state index in [0.717, 1.165) is 19.0 Å². The van der Waals surface area contributed by atoms with E-state index >= 15 is 0 Å². The Morgan fingerprint density at radius 2 is 2.10 bits per heavy atom. The minimum atomic E-state index is 0.726. The molecule has 1 unspecified atom stereocenters. The molecule has 0 saturated carbocycles. The zero-order chi connectivity index (χ0) is 13.8. The first-order valence-electron chi connectivity index (χ1n) is 7.80. The SMILES string of the molecule is CC(CNCc1ccc2[nH]ccc2c1)CN1CCCC1. The molecule has 2 aromatic rings. The van der Waals surface area contributed by atoms with E-state index in [9.17, 15) is 0 Å². The molecule has 3 rings (SSSR count). The van der Waals surface area contributed by atoms with Crippen LogP contribution in [-0.2, 0) is 6.54 Å². The Labute approximate surface area is 121 Å². The van der Waals surface area contributed by atoms with Crippen LogP contribution in [0.1, 0.15) is 25.3 Å². The maximum Gasteiger partial charge on any atom is 0.0454 e. The molecule has 20 heavy (non-hydrogen) atoms. The van der Waals surface area contributed by atoms with Crippen molar-refractivity contribution in [2.75, 3.05) is 26.2 Å². The maximum atomic E-state index is 3.60. The highest BCUT2D eigenvalue weighted by Crippen LogP contribution is 2.14. The third-order valence-electron chi connectivity index (χ3n) is 4.21. The van der Waals surface area contributed by atoms with Crippen molar-refractivity contribution in [3.05, 3.63) is 36.0 Å². The molecular formula is C17H25N3. The lowest BCUT2D eigenvalue weighted by atomic mass is 10.1. The molecule has 2 heterocycles. The number of likely N-dealkylation sites (tertiary alicyclic amines) is 1. The zero-order valence-corrected chi connectivity index (χ0v) is 12.4. The maximum absolute atomic E-state index is 3.60. The molecule has 1 atom stereocenters. The van der Waals surface area contributed by atoms with Crippen LogP contribution in [0.3, 0.4) is 0 Å². The van der Waals surface area contributed by atoms with Gasteiger partial charge in [0.25, 0.3) is 0 Å². The zero-order valence-electron chi connectivity index (χ0n) is 12.4. The van der Waals surface area contributed by atoms with E-state index < -0.39 is 0 Å². The van der Waals surface area contributed by atoms with Gasteiger partial charge in [-0.05, 0) is 67.5 Å². The molecule has 0 amide bonds. The first-order valence-corrected chi connectivity index (χ1v) is 7.80. The molecule has 3 nitrogen and oxygen atoms in total. The average Bonchev–Trinajstić information content (AvgIpc) is 3.09. The van der Waals surface area contributed by atoms with Gasteiger partial charge in [0, 0.05) is 24.8 Å². The van der Waals surface area contributed by atoms with Crippen LogP contribution in [0, 0.1) is 5.92 Å². The summed E-state index contributed by atoms with van der Waals surface area (Å²) in [7, 11) is 0. The quantitative estimate of drug-likeness (QED) is 0.846. The normalized spacial score (nSPS) is 17.9. The second-order valence-corrected chi connectivity index (χ2v) is 6.14. The lowest BCUT2D eigenvalue weighted by Gasteiger charge is -2.20. The number of nitrogens with zero attached hydrogens (tertiary/aromatic N) is 1. The first-order chi connectivity index (χ1) is 9.81. The molecule has 1 aromatic heterocycles. The summed E-state index contributed by atoms with van der Waals surface area (Å²) in [6.07, 6.45) is 4.77. The van der Waals surface area contributed by atoms with Gasteiger partial charge >= 0.3 is 0 Å². The number of H-pyrrole nitrogens is 1. The summed E-state index contributed by atoms with van der Waals surface area (Å²) in [5.74, 6) is 0.726. The Morgan fingerprint density at radius 3 is 2.95 bits per heavy atom. The van der Waals surface area contributed by atoms with Gasteiger partial charge in [0.05, 0.1) is 0 Å². The summed E-state index contributed by atoms with van der Waals surface area (Å²) in [6.45, 7) is 8.25. The van der Waals surface area contributed by atoms with E-state index in [1.807, 2.05) is 6.20 Å². The van der Waals surface area contributed by atoms with Gasteiger partial charge in [-0.1, -0.05) is 13.0 Å². The molecule has 1 saturated heterocycles. The van der Waals surface area contributed by atoms with Crippen LogP contribution in [0.4, 0.5) is 0 Å². The monoisotopic (exact) mass is 271 g/mol. The summed E-state index contributed by atoms with van der Waals surface area (Å²) in [5.41, 5.74) is 2.58. The number of aromatic amines is 1. The van der Waals surface area contributed by atoms with Crippen molar-refractivity contribution in [3.8, 4) is 0 Å². The summed E-state index contributed by atoms with van der Waals surface area (Å²) >= 11 is 0. The molecule has 1 aliphatic heterocycles. The largest absolute Gasteiger partial charge is 0.361 e. The Hall–Kier alpha value is -1.32. The second kappa shape index (κ2) is 6.42. The van der Waals surface area contributed by atoms with Crippen LogP contribution in [0.25, 0.3) is 10.9 Å². The summed E-state index contributed by atoms with van der Waals surface area (Å²) in [5, 5.41) is 4.90. The predicted molar refractivity (Wildman–Crippen MR) is 84.8 cm³/mol. The minimum absolute atomic E-state index is 0.726. The second-order valence-electron chi connectivity index (χ2n) is 6.14. The number of hydrogen-bond acceptors (Lipinski definition) is 2. The third kappa shape index (κ3) is 3.41. The first kappa shape index (κ1) is 13.7. The standard InChI is InChI=1S/C17H25N3/c1-14(13-20-8-2-3-9-20)11-18-12-15-4-5-17-16(10-15)6-7-19-17/h4-7,10,14,18-19H,2-3,8-9,11-13H2,1H3. The lowest BCUT2D eigenvalue weighted by Crippen LogP contribution is -2.31. The van der Waals surface area contributed by atoms with Gasteiger partial charge in [-0.3, -0.25) is 0 Å². The number of hydrogen-bond donors (Lipinski definition) is 2. The van der Waals surface area contributed by atoms with Gasteiger partial charge < -0.3 is 15.2 Å². The average molecular weight is 271 g/mol. The minimum Gasteiger partial charge on any atom is -0.361 e. The van der Waals surface area contributed by atoms with Crippen LogP contribution >= 0.6 is 0 Å². The van der Waals surface area contributed by atoms with Crippen molar-refractivity contribution < 1.29 is 0 Å². The molecule has 0 bridgehead atoms. The molecule has 3 heteroatoms. The number of rotatable bonds is 6. The molecular weight excluding hydrogens is 246 g/mol. The molecule has 1 aromatic carbocycles. The van der Waals surface area contributed by atoms with Crippen LogP contribution in [-0.4, -0.2) is 36.1 Å². The van der Waals surface area contributed by atoms with Crippen molar-refractivity contribution in [3.63, 3.8) is 0 Å². The molecule has 108 valence electrons. The fraction of sp³-hybridized carbons (Fsp3) is 0.529. The van der Waals surface area contributed by atoms with E-state index in [-0.39, 0.29) is 0 Å². The van der Waals surface area contributed by atoms with Gasteiger partial charge in [0.2, 0.25) is 0 Å². The Kier molecular flexibility index (Phi) is 4.38. The van der Waals surface area contributed by atoms with Crippen LogP contribution in [0.5, 0.6) is 0 Å². The molecule has 1 aliphatic rings. The van der Waals surface area contributed by atoms with Gasteiger partial charge in [-0.15, -0.1) is 0 Å². The van der Waals surface area contributed by atoms with Crippen molar-refractivity contribution in [1.82, 2.24) is 15.2 Å². The number of benzene rings is 1. The fourth-order valence-corrected chi connectivity index (χ4v) is 3.15. The Balaban J connectivity index is 1.44. The predicted octanol–water partition coefficient (Wildman–Crippen LogP) is 2.99.